The molecule has 1 N–H and O–H groups in total. The van der Waals surface area contributed by atoms with Gasteiger partial charge in [-0.1, -0.05) is 12.1 Å². The van der Waals surface area contributed by atoms with E-state index in [0.717, 1.165) is 35.1 Å². The summed E-state index contributed by atoms with van der Waals surface area (Å²) >= 11 is 0. The van der Waals surface area contributed by atoms with Gasteiger partial charge in [0, 0.05) is 24.5 Å². The van der Waals surface area contributed by atoms with E-state index in [1.807, 2.05) is 16.9 Å². The first-order valence-electron chi connectivity index (χ1n) is 11.6. The molecule has 3 fully saturated rings. The molecule has 3 heterocycles. The average molecular weight is 445 g/mol. The van der Waals surface area contributed by atoms with E-state index < -0.39 is 5.60 Å². The van der Waals surface area contributed by atoms with Crippen LogP contribution >= 0.6 is 0 Å². The van der Waals surface area contributed by atoms with Crippen molar-refractivity contribution < 1.29 is 9.84 Å². The fraction of sp³-hybridized carbons (Fsp3) is 0.520. The minimum atomic E-state index is -0.930. The standard InChI is InChI=1S/C25H28N6O2/c1-23(2,32)20-12-30(7-8-33-20)21-10-22(28-16-27-21)31-19-9-18(4-3-17(19)11-29-31)25(15-26)13-24(14-25)5-6-24/h3-4,9-11,16,20,32H,5-8,12-14H2,1-2H3/t20-/m0/s1. The molecule has 8 nitrogen and oxygen atoms in total. The molecule has 0 amide bonds. The zero-order valence-corrected chi connectivity index (χ0v) is 19.0. The predicted octanol–water partition coefficient (Wildman–Crippen LogP) is 3.13. The minimum Gasteiger partial charge on any atom is -0.388 e. The number of hydrogen-bond donors (Lipinski definition) is 1. The molecule has 0 radical (unpaired) electrons. The number of nitrogens with zero attached hydrogens (tertiary/aromatic N) is 6. The highest BCUT2D eigenvalue weighted by Crippen LogP contribution is 2.68. The summed E-state index contributed by atoms with van der Waals surface area (Å²) in [6.07, 6.45) is 7.54. The van der Waals surface area contributed by atoms with Crippen molar-refractivity contribution in [2.24, 2.45) is 5.41 Å². The summed E-state index contributed by atoms with van der Waals surface area (Å²) in [5.41, 5.74) is 1.15. The molecular formula is C25H28N6O2. The van der Waals surface area contributed by atoms with Crippen LogP contribution < -0.4 is 4.90 Å². The second kappa shape index (κ2) is 6.99. The molecule has 1 atom stereocenters. The third kappa shape index (κ3) is 3.38. The minimum absolute atomic E-state index is 0.294. The van der Waals surface area contributed by atoms with Crippen molar-refractivity contribution in [3.8, 4) is 11.9 Å². The zero-order chi connectivity index (χ0) is 22.8. The molecule has 0 unspecified atom stereocenters. The number of morpholine rings is 1. The topological polar surface area (TPSA) is 100 Å². The van der Waals surface area contributed by atoms with Gasteiger partial charge in [-0.3, -0.25) is 0 Å². The Morgan fingerprint density at radius 3 is 2.70 bits per heavy atom. The summed E-state index contributed by atoms with van der Waals surface area (Å²) < 4.78 is 7.59. The van der Waals surface area contributed by atoms with Crippen LogP contribution in [0.5, 0.6) is 0 Å². The molecule has 170 valence electrons. The van der Waals surface area contributed by atoms with Gasteiger partial charge in [0.05, 0.1) is 35.4 Å². The summed E-state index contributed by atoms with van der Waals surface area (Å²) in [4.78, 5) is 11.1. The lowest BCUT2D eigenvalue weighted by atomic mass is 9.57. The van der Waals surface area contributed by atoms with Crippen LogP contribution in [-0.2, 0) is 10.2 Å². The van der Waals surface area contributed by atoms with E-state index in [2.05, 4.69) is 44.2 Å². The van der Waals surface area contributed by atoms with E-state index in [-0.39, 0.29) is 11.5 Å². The van der Waals surface area contributed by atoms with E-state index in [4.69, 9.17) is 4.74 Å². The van der Waals surface area contributed by atoms with Gasteiger partial charge in [-0.2, -0.15) is 10.4 Å². The van der Waals surface area contributed by atoms with Crippen LogP contribution in [0.2, 0.25) is 0 Å². The van der Waals surface area contributed by atoms with Crippen LogP contribution in [0.15, 0.2) is 36.8 Å². The monoisotopic (exact) mass is 444 g/mol. The molecule has 2 aromatic heterocycles. The Hall–Kier alpha value is -3.02. The summed E-state index contributed by atoms with van der Waals surface area (Å²) in [6, 6.07) is 10.8. The normalized spacial score (nSPS) is 23.3. The highest BCUT2D eigenvalue weighted by atomic mass is 16.5. The third-order valence-corrected chi connectivity index (χ3v) is 7.68. The van der Waals surface area contributed by atoms with Gasteiger partial charge < -0.3 is 14.7 Å². The van der Waals surface area contributed by atoms with Crippen molar-refractivity contribution in [1.82, 2.24) is 19.7 Å². The molecule has 3 aliphatic rings. The van der Waals surface area contributed by atoms with E-state index in [0.29, 0.717) is 30.9 Å². The second-order valence-corrected chi connectivity index (χ2v) is 10.6. The maximum Gasteiger partial charge on any atom is 0.159 e. The number of hydrogen-bond acceptors (Lipinski definition) is 7. The molecule has 2 saturated carbocycles. The van der Waals surface area contributed by atoms with Gasteiger partial charge in [-0.25, -0.2) is 14.6 Å². The molecule has 6 rings (SSSR count). The first-order chi connectivity index (χ1) is 15.8. The Morgan fingerprint density at radius 2 is 1.97 bits per heavy atom. The molecule has 1 aliphatic heterocycles. The zero-order valence-electron chi connectivity index (χ0n) is 19.0. The van der Waals surface area contributed by atoms with E-state index in [9.17, 15) is 10.4 Å². The van der Waals surface area contributed by atoms with Gasteiger partial charge in [0.2, 0.25) is 0 Å². The highest BCUT2D eigenvalue weighted by Gasteiger charge is 2.61. The lowest BCUT2D eigenvalue weighted by Gasteiger charge is -2.44. The Labute approximate surface area is 192 Å². The SMILES string of the molecule is CC(C)(O)[C@@H]1CN(c2cc(-n3ncc4ccc(C5(C#N)CC6(CC6)C5)cc43)ncn2)CCO1. The van der Waals surface area contributed by atoms with Gasteiger partial charge in [-0.15, -0.1) is 0 Å². The second-order valence-electron chi connectivity index (χ2n) is 10.6. The van der Waals surface area contributed by atoms with Gasteiger partial charge >= 0.3 is 0 Å². The molecule has 2 aliphatic carbocycles. The lowest BCUT2D eigenvalue weighted by Crippen LogP contribution is -2.52. The van der Waals surface area contributed by atoms with Crippen molar-refractivity contribution in [3.63, 3.8) is 0 Å². The highest BCUT2D eigenvalue weighted by molar-refractivity contribution is 5.81. The van der Waals surface area contributed by atoms with Crippen LogP contribution in [0.25, 0.3) is 16.7 Å². The summed E-state index contributed by atoms with van der Waals surface area (Å²) in [5.74, 6) is 1.46. The molecular weight excluding hydrogens is 416 g/mol. The van der Waals surface area contributed by atoms with Gasteiger partial charge in [-0.05, 0) is 56.6 Å². The predicted molar refractivity (Wildman–Crippen MR) is 123 cm³/mol. The van der Waals surface area contributed by atoms with Crippen molar-refractivity contribution in [3.05, 3.63) is 42.4 Å². The van der Waals surface area contributed by atoms with Gasteiger partial charge in [0.1, 0.15) is 18.2 Å². The lowest BCUT2D eigenvalue weighted by molar-refractivity contribution is -0.0929. The summed E-state index contributed by atoms with van der Waals surface area (Å²) in [6.45, 7) is 5.30. The molecule has 8 heteroatoms. The number of fused-ring (bicyclic) bond motifs is 1. The number of aliphatic hydroxyl groups is 1. The summed E-state index contributed by atoms with van der Waals surface area (Å²) in [5, 5.41) is 26.0. The largest absolute Gasteiger partial charge is 0.388 e. The van der Waals surface area contributed by atoms with Crippen LogP contribution in [0.1, 0.15) is 45.1 Å². The summed E-state index contributed by atoms with van der Waals surface area (Å²) in [7, 11) is 0. The number of aromatic nitrogens is 4. The molecule has 1 saturated heterocycles. The Kier molecular flexibility index (Phi) is 4.36. The number of nitriles is 1. The Balaban J connectivity index is 1.33. The van der Waals surface area contributed by atoms with Crippen LogP contribution in [0.3, 0.4) is 0 Å². The Bertz CT molecular complexity index is 1260. The number of benzene rings is 1. The van der Waals surface area contributed by atoms with Crippen molar-refractivity contribution in [2.75, 3.05) is 24.6 Å². The maximum atomic E-state index is 10.4. The first kappa shape index (κ1) is 20.6. The molecule has 33 heavy (non-hydrogen) atoms. The van der Waals surface area contributed by atoms with Gasteiger partial charge in [0.15, 0.2) is 5.82 Å². The number of anilines is 1. The fourth-order valence-electron chi connectivity index (χ4n) is 5.52. The molecule has 3 aromatic rings. The quantitative estimate of drug-likeness (QED) is 0.660. The van der Waals surface area contributed by atoms with E-state index in [1.165, 1.54) is 12.8 Å². The van der Waals surface area contributed by atoms with Crippen molar-refractivity contribution in [2.45, 2.75) is 56.7 Å². The smallest absolute Gasteiger partial charge is 0.159 e. The van der Waals surface area contributed by atoms with E-state index in [1.54, 1.807) is 20.2 Å². The van der Waals surface area contributed by atoms with Crippen molar-refractivity contribution >= 4 is 16.7 Å². The first-order valence-corrected chi connectivity index (χ1v) is 11.6. The van der Waals surface area contributed by atoms with Crippen molar-refractivity contribution in [1.29, 1.82) is 5.26 Å². The number of ether oxygens (including phenoxy) is 1. The third-order valence-electron chi connectivity index (χ3n) is 7.68. The number of rotatable bonds is 4. The van der Waals surface area contributed by atoms with Crippen LogP contribution in [0.4, 0.5) is 5.82 Å². The van der Waals surface area contributed by atoms with E-state index >= 15 is 0 Å². The van der Waals surface area contributed by atoms with Crippen LogP contribution in [0, 0.1) is 16.7 Å². The molecule has 1 spiro atoms. The van der Waals surface area contributed by atoms with Crippen LogP contribution in [-0.4, -0.2) is 56.3 Å². The Morgan fingerprint density at radius 1 is 1.18 bits per heavy atom. The molecule has 0 bridgehead atoms. The fourth-order valence-corrected chi connectivity index (χ4v) is 5.52. The molecule has 1 aromatic carbocycles. The van der Waals surface area contributed by atoms with Gasteiger partial charge in [0.25, 0.3) is 0 Å². The maximum absolute atomic E-state index is 10.4. The average Bonchev–Trinajstić information content (AvgIpc) is 3.48.